The third kappa shape index (κ3) is 2.96. The fourth-order valence-electron chi connectivity index (χ4n) is 1.07. The predicted molar refractivity (Wildman–Crippen MR) is 56.8 cm³/mol. The molecule has 0 aliphatic rings. The Kier molecular flexibility index (Phi) is 4.11. The van der Waals surface area contributed by atoms with Gasteiger partial charge >= 0.3 is 0 Å². The highest BCUT2D eigenvalue weighted by Crippen LogP contribution is 2.13. The molecule has 0 bridgehead atoms. The summed E-state index contributed by atoms with van der Waals surface area (Å²) in [5, 5.41) is 8.61. The van der Waals surface area contributed by atoms with Crippen molar-refractivity contribution >= 4 is 11.9 Å². The van der Waals surface area contributed by atoms with Crippen LogP contribution in [0.2, 0.25) is 0 Å². The molecule has 0 radical (unpaired) electrons. The number of aldehydes is 1. The number of allylic oxidation sites excluding steroid dienone is 1. The maximum absolute atomic E-state index is 10.8. The number of rotatable bonds is 4. The summed E-state index contributed by atoms with van der Waals surface area (Å²) in [6.07, 6.45) is 2.16. The van der Waals surface area contributed by atoms with Gasteiger partial charge in [0.25, 0.3) is 0 Å². The Bertz CT molecular complexity index is 399. The molecule has 3 nitrogen and oxygen atoms in total. The maximum Gasteiger partial charge on any atom is 0.153 e. The zero-order chi connectivity index (χ0) is 11.1. The lowest BCUT2D eigenvalue weighted by Gasteiger charge is -2.00. The molecule has 3 heteroatoms. The number of ether oxygens (including phenoxy) is 1. The second-order valence-corrected chi connectivity index (χ2v) is 2.84. The Labute approximate surface area is 88.6 Å². The summed E-state index contributed by atoms with van der Waals surface area (Å²) in [6.45, 7) is 2.37. The fourth-order valence-corrected chi connectivity index (χ4v) is 1.07. The average Bonchev–Trinajstić information content (AvgIpc) is 2.31. The maximum atomic E-state index is 10.8. The van der Waals surface area contributed by atoms with Crippen molar-refractivity contribution in [2.24, 2.45) is 0 Å². The van der Waals surface area contributed by atoms with Crippen LogP contribution in [0.3, 0.4) is 0 Å². The molecule has 0 saturated carbocycles. The molecule has 0 saturated heterocycles. The van der Waals surface area contributed by atoms with E-state index in [4.69, 9.17) is 10.00 Å². The van der Waals surface area contributed by atoms with E-state index >= 15 is 0 Å². The van der Waals surface area contributed by atoms with Gasteiger partial charge in [-0.3, -0.25) is 4.79 Å². The van der Waals surface area contributed by atoms with Crippen LogP contribution in [-0.4, -0.2) is 12.9 Å². The van der Waals surface area contributed by atoms with E-state index in [1.807, 2.05) is 13.0 Å². The number of nitrogens with zero attached hydrogens (tertiary/aromatic N) is 1. The third-order valence-electron chi connectivity index (χ3n) is 1.85. The van der Waals surface area contributed by atoms with Gasteiger partial charge in [-0.05, 0) is 24.6 Å². The van der Waals surface area contributed by atoms with Gasteiger partial charge in [0.2, 0.25) is 0 Å². The lowest BCUT2D eigenvalue weighted by molar-refractivity contribution is -0.103. The average molecular weight is 201 g/mol. The first-order valence-corrected chi connectivity index (χ1v) is 4.59. The van der Waals surface area contributed by atoms with E-state index in [1.54, 1.807) is 24.3 Å². The summed E-state index contributed by atoms with van der Waals surface area (Å²) in [7, 11) is 0. The van der Waals surface area contributed by atoms with E-state index in [1.165, 1.54) is 6.26 Å². The number of hydrogen-bond acceptors (Lipinski definition) is 3. The van der Waals surface area contributed by atoms with Crippen LogP contribution in [0.1, 0.15) is 18.1 Å². The molecule has 0 unspecified atom stereocenters. The molecule has 0 atom stereocenters. The molecule has 0 fully saturated rings. The minimum atomic E-state index is 0.473. The summed E-state index contributed by atoms with van der Waals surface area (Å²) < 4.78 is 5.04. The lowest BCUT2D eigenvalue weighted by atomic mass is 10.1. The molecule has 0 spiro atoms. The van der Waals surface area contributed by atoms with Crippen molar-refractivity contribution in [3.8, 4) is 6.07 Å². The van der Waals surface area contributed by atoms with Crippen molar-refractivity contribution in [2.75, 3.05) is 6.61 Å². The Morgan fingerprint density at radius 2 is 2.13 bits per heavy atom. The SMILES string of the molecule is CCOC=C(C=O)c1ccc(C#N)cc1. The van der Waals surface area contributed by atoms with Crippen LogP contribution in [0, 0.1) is 11.3 Å². The van der Waals surface area contributed by atoms with Crippen LogP contribution in [0.5, 0.6) is 0 Å². The molecule has 1 aromatic rings. The lowest BCUT2D eigenvalue weighted by Crippen LogP contribution is -1.89. The molecule has 0 amide bonds. The van der Waals surface area contributed by atoms with Gasteiger partial charge in [0.05, 0.1) is 30.1 Å². The summed E-state index contributed by atoms with van der Waals surface area (Å²) in [6, 6.07) is 8.79. The van der Waals surface area contributed by atoms with E-state index in [0.717, 1.165) is 11.8 Å². The topological polar surface area (TPSA) is 50.1 Å². The first-order valence-electron chi connectivity index (χ1n) is 4.59. The van der Waals surface area contributed by atoms with Gasteiger partial charge in [-0.1, -0.05) is 12.1 Å². The van der Waals surface area contributed by atoms with Crippen LogP contribution in [-0.2, 0) is 9.53 Å². The minimum Gasteiger partial charge on any atom is -0.501 e. The molecule has 0 aliphatic carbocycles. The number of carbonyl (C=O) groups excluding carboxylic acids is 1. The number of carbonyl (C=O) groups is 1. The van der Waals surface area contributed by atoms with E-state index in [2.05, 4.69) is 0 Å². The van der Waals surface area contributed by atoms with Crippen LogP contribution >= 0.6 is 0 Å². The first kappa shape index (κ1) is 11.0. The Morgan fingerprint density at radius 1 is 1.47 bits per heavy atom. The number of nitriles is 1. The van der Waals surface area contributed by atoms with Crippen LogP contribution in [0.15, 0.2) is 30.5 Å². The van der Waals surface area contributed by atoms with E-state index in [0.29, 0.717) is 17.7 Å². The van der Waals surface area contributed by atoms with E-state index in [9.17, 15) is 4.79 Å². The Morgan fingerprint density at radius 3 is 2.60 bits per heavy atom. The Balaban J connectivity index is 2.94. The molecule has 1 aromatic carbocycles. The molecular formula is C12H11NO2. The zero-order valence-corrected chi connectivity index (χ0v) is 8.43. The quantitative estimate of drug-likeness (QED) is 0.426. The summed E-state index contributed by atoms with van der Waals surface area (Å²) in [5.41, 5.74) is 1.79. The Hall–Kier alpha value is -2.08. The van der Waals surface area contributed by atoms with Gasteiger partial charge in [0, 0.05) is 0 Å². The van der Waals surface area contributed by atoms with Gasteiger partial charge in [-0.25, -0.2) is 0 Å². The van der Waals surface area contributed by atoms with Crippen molar-refractivity contribution in [3.63, 3.8) is 0 Å². The van der Waals surface area contributed by atoms with E-state index in [-0.39, 0.29) is 0 Å². The van der Waals surface area contributed by atoms with Crippen molar-refractivity contribution in [2.45, 2.75) is 6.92 Å². The fraction of sp³-hybridized carbons (Fsp3) is 0.167. The van der Waals surface area contributed by atoms with Gasteiger partial charge in [0.15, 0.2) is 6.29 Å². The zero-order valence-electron chi connectivity index (χ0n) is 8.43. The second kappa shape index (κ2) is 5.61. The summed E-state index contributed by atoms with van der Waals surface area (Å²) in [5.74, 6) is 0. The van der Waals surface area contributed by atoms with Crippen LogP contribution in [0.4, 0.5) is 0 Å². The molecule has 0 heterocycles. The summed E-state index contributed by atoms with van der Waals surface area (Å²) >= 11 is 0. The normalized spacial score (nSPS) is 10.5. The molecule has 1 rings (SSSR count). The van der Waals surface area contributed by atoms with Crippen LogP contribution in [0.25, 0.3) is 5.57 Å². The largest absolute Gasteiger partial charge is 0.501 e. The molecule has 0 N–H and O–H groups in total. The van der Waals surface area contributed by atoms with Crippen molar-refractivity contribution in [3.05, 3.63) is 41.7 Å². The second-order valence-electron chi connectivity index (χ2n) is 2.84. The monoisotopic (exact) mass is 201 g/mol. The first-order chi connectivity index (χ1) is 7.31. The smallest absolute Gasteiger partial charge is 0.153 e. The highest BCUT2D eigenvalue weighted by Gasteiger charge is 2.00. The molecule has 0 aromatic heterocycles. The molecule has 76 valence electrons. The van der Waals surface area contributed by atoms with Gasteiger partial charge in [0.1, 0.15) is 0 Å². The van der Waals surface area contributed by atoms with Crippen molar-refractivity contribution in [1.29, 1.82) is 5.26 Å². The highest BCUT2D eigenvalue weighted by atomic mass is 16.5. The van der Waals surface area contributed by atoms with Crippen LogP contribution < -0.4 is 0 Å². The van der Waals surface area contributed by atoms with Gasteiger partial charge in [-0.2, -0.15) is 5.26 Å². The minimum absolute atomic E-state index is 0.473. The number of benzene rings is 1. The molecule has 15 heavy (non-hydrogen) atoms. The van der Waals surface area contributed by atoms with Gasteiger partial charge in [-0.15, -0.1) is 0 Å². The summed E-state index contributed by atoms with van der Waals surface area (Å²) in [4.78, 5) is 10.8. The van der Waals surface area contributed by atoms with Crippen molar-refractivity contribution in [1.82, 2.24) is 0 Å². The van der Waals surface area contributed by atoms with Gasteiger partial charge < -0.3 is 4.74 Å². The third-order valence-corrected chi connectivity index (χ3v) is 1.85. The van der Waals surface area contributed by atoms with E-state index < -0.39 is 0 Å². The molecular weight excluding hydrogens is 190 g/mol. The molecule has 0 aliphatic heterocycles. The number of hydrogen-bond donors (Lipinski definition) is 0. The standard InChI is InChI=1S/C12H11NO2/c1-2-15-9-12(8-14)11-5-3-10(7-13)4-6-11/h3-6,8-9H,2H2,1H3. The highest BCUT2D eigenvalue weighted by molar-refractivity contribution is 6.06. The van der Waals surface area contributed by atoms with Crippen molar-refractivity contribution < 1.29 is 9.53 Å². The predicted octanol–water partition coefficient (Wildman–Crippen LogP) is 2.13.